The number of hydrogen-bond donors (Lipinski definition) is 0. The van der Waals surface area contributed by atoms with Crippen LogP contribution in [0.3, 0.4) is 0 Å². The first-order valence-corrected chi connectivity index (χ1v) is 3.53. The summed E-state index contributed by atoms with van der Waals surface area (Å²) in [6.07, 6.45) is -3.03. The smallest absolute Gasteiger partial charge is 0.281 e. The van der Waals surface area contributed by atoms with Crippen LogP contribution in [0.1, 0.15) is 22.5 Å². The largest absolute Gasteiger partial charge is 0.298 e. The summed E-state index contributed by atoms with van der Waals surface area (Å²) in [7, 11) is 0. The van der Waals surface area contributed by atoms with E-state index in [1.165, 1.54) is 0 Å². The number of nitrogens with zero attached hydrogens (tertiary/aromatic N) is 1. The summed E-state index contributed by atoms with van der Waals surface area (Å²) in [6, 6.07) is 0.706. The Kier molecular flexibility index (Phi) is 2.87. The molecule has 0 unspecified atom stereocenters. The van der Waals surface area contributed by atoms with Gasteiger partial charge in [-0.2, -0.15) is 0 Å². The van der Waals surface area contributed by atoms with Crippen LogP contribution in [0.25, 0.3) is 0 Å². The summed E-state index contributed by atoms with van der Waals surface area (Å²) in [6.45, 7) is 0. The van der Waals surface area contributed by atoms with Gasteiger partial charge in [-0.15, -0.1) is 0 Å². The monoisotopic (exact) mass is 209 g/mol. The van der Waals surface area contributed by atoms with Gasteiger partial charge in [-0.1, -0.05) is 11.6 Å². The summed E-state index contributed by atoms with van der Waals surface area (Å²) >= 11 is 5.22. The van der Waals surface area contributed by atoms with E-state index >= 15 is 0 Å². The van der Waals surface area contributed by atoms with Crippen molar-refractivity contribution < 1.29 is 18.0 Å². The van der Waals surface area contributed by atoms with E-state index in [9.17, 15) is 18.0 Å². The minimum absolute atomic E-state index is 0.0137. The van der Waals surface area contributed by atoms with Crippen LogP contribution in [-0.4, -0.2) is 11.3 Å². The summed E-state index contributed by atoms with van der Waals surface area (Å²) in [5.74, 6) is -1.09. The highest BCUT2D eigenvalue weighted by atomic mass is 35.5. The van der Waals surface area contributed by atoms with E-state index in [2.05, 4.69) is 4.98 Å². The molecule has 0 aliphatic carbocycles. The van der Waals surface area contributed by atoms with Crippen LogP contribution in [0.2, 0.25) is 5.15 Å². The average Bonchev–Trinajstić information content (AvgIpc) is 2.02. The molecule has 0 N–H and O–H groups in total. The van der Waals surface area contributed by atoms with Crippen molar-refractivity contribution in [2.45, 2.75) is 6.43 Å². The van der Waals surface area contributed by atoms with E-state index in [1.807, 2.05) is 0 Å². The second kappa shape index (κ2) is 3.74. The third kappa shape index (κ3) is 1.98. The maximum Gasteiger partial charge on any atom is 0.281 e. The number of rotatable bonds is 2. The Bertz CT molecular complexity index is 343. The molecule has 0 fully saturated rings. The van der Waals surface area contributed by atoms with Crippen LogP contribution in [0.4, 0.5) is 13.2 Å². The molecule has 0 atom stereocenters. The van der Waals surface area contributed by atoms with Gasteiger partial charge in [-0.05, 0) is 0 Å². The molecule has 1 aromatic rings. The van der Waals surface area contributed by atoms with Gasteiger partial charge in [0.05, 0.1) is 5.56 Å². The number of alkyl halides is 2. The molecule has 0 spiro atoms. The van der Waals surface area contributed by atoms with Crippen molar-refractivity contribution >= 4 is 17.9 Å². The Morgan fingerprint density at radius 1 is 1.54 bits per heavy atom. The molecule has 0 radical (unpaired) electrons. The molecule has 1 rings (SSSR count). The zero-order chi connectivity index (χ0) is 10.0. The lowest BCUT2D eigenvalue weighted by molar-refractivity contribution is 0.109. The molecule has 0 saturated carbocycles. The predicted molar refractivity (Wildman–Crippen MR) is 39.5 cm³/mol. The minimum Gasteiger partial charge on any atom is -0.298 e. The van der Waals surface area contributed by atoms with Crippen LogP contribution in [0.15, 0.2) is 6.07 Å². The number of hydrogen-bond acceptors (Lipinski definition) is 2. The maximum absolute atomic E-state index is 12.8. The fourth-order valence-corrected chi connectivity index (χ4v) is 0.982. The Hall–Kier alpha value is -1.10. The highest BCUT2D eigenvalue weighted by Gasteiger charge is 2.19. The van der Waals surface area contributed by atoms with Gasteiger partial charge >= 0.3 is 0 Å². The van der Waals surface area contributed by atoms with Crippen LogP contribution >= 0.6 is 11.6 Å². The molecular formula is C7H3ClF3NO. The van der Waals surface area contributed by atoms with Gasteiger partial charge in [0.1, 0.15) is 16.7 Å². The number of pyridine rings is 1. The fraction of sp³-hybridized carbons (Fsp3) is 0.143. The van der Waals surface area contributed by atoms with Gasteiger partial charge in [0, 0.05) is 6.07 Å². The molecule has 1 aromatic heterocycles. The van der Waals surface area contributed by atoms with Gasteiger partial charge in [-0.25, -0.2) is 18.2 Å². The second-order valence-corrected chi connectivity index (χ2v) is 2.53. The lowest BCUT2D eigenvalue weighted by Crippen LogP contribution is -2.01. The first-order valence-electron chi connectivity index (χ1n) is 3.15. The predicted octanol–water partition coefficient (Wildman–Crippen LogP) is 2.62. The van der Waals surface area contributed by atoms with E-state index in [0.717, 1.165) is 0 Å². The van der Waals surface area contributed by atoms with Gasteiger partial charge in [-0.3, -0.25) is 4.79 Å². The Morgan fingerprint density at radius 2 is 2.15 bits per heavy atom. The highest BCUT2D eigenvalue weighted by Crippen LogP contribution is 2.23. The molecule has 13 heavy (non-hydrogen) atoms. The SMILES string of the molecule is O=Cc1c(F)cc(Cl)nc1C(F)F. The van der Waals surface area contributed by atoms with E-state index < -0.39 is 28.7 Å². The van der Waals surface area contributed by atoms with E-state index in [1.54, 1.807) is 0 Å². The molecule has 6 heteroatoms. The van der Waals surface area contributed by atoms with E-state index in [-0.39, 0.29) is 6.29 Å². The van der Waals surface area contributed by atoms with Crippen LogP contribution in [0.5, 0.6) is 0 Å². The van der Waals surface area contributed by atoms with Crippen molar-refractivity contribution in [2.24, 2.45) is 0 Å². The van der Waals surface area contributed by atoms with Crippen molar-refractivity contribution in [3.8, 4) is 0 Å². The molecule has 2 nitrogen and oxygen atoms in total. The van der Waals surface area contributed by atoms with Crippen molar-refractivity contribution in [3.63, 3.8) is 0 Å². The van der Waals surface area contributed by atoms with Crippen molar-refractivity contribution in [1.82, 2.24) is 4.98 Å². The lowest BCUT2D eigenvalue weighted by atomic mass is 10.2. The van der Waals surface area contributed by atoms with Crippen molar-refractivity contribution in [3.05, 3.63) is 28.3 Å². The molecule has 70 valence electrons. The molecule has 0 aliphatic heterocycles. The van der Waals surface area contributed by atoms with Crippen molar-refractivity contribution in [2.75, 3.05) is 0 Å². The summed E-state index contributed by atoms with van der Waals surface area (Å²) in [5.41, 5.74) is -1.68. The normalized spacial score (nSPS) is 10.5. The maximum atomic E-state index is 12.8. The first kappa shape index (κ1) is 9.98. The van der Waals surface area contributed by atoms with E-state index in [0.29, 0.717) is 6.07 Å². The molecule has 0 bridgehead atoms. The Balaban J connectivity index is 3.38. The zero-order valence-electron chi connectivity index (χ0n) is 6.10. The number of carbonyl (C=O) groups is 1. The summed E-state index contributed by atoms with van der Waals surface area (Å²) in [5, 5.41) is -0.404. The van der Waals surface area contributed by atoms with Crippen LogP contribution < -0.4 is 0 Å². The van der Waals surface area contributed by atoms with Crippen LogP contribution in [-0.2, 0) is 0 Å². The fourth-order valence-electron chi connectivity index (χ4n) is 0.795. The third-order valence-corrected chi connectivity index (χ3v) is 1.52. The third-order valence-electron chi connectivity index (χ3n) is 1.33. The quantitative estimate of drug-likeness (QED) is 0.554. The van der Waals surface area contributed by atoms with E-state index in [4.69, 9.17) is 11.6 Å². The Morgan fingerprint density at radius 3 is 2.62 bits per heavy atom. The number of halogens is 4. The van der Waals surface area contributed by atoms with Gasteiger partial charge in [0.25, 0.3) is 6.43 Å². The lowest BCUT2D eigenvalue weighted by Gasteiger charge is -2.03. The zero-order valence-corrected chi connectivity index (χ0v) is 6.86. The number of carbonyl (C=O) groups excluding carboxylic acids is 1. The van der Waals surface area contributed by atoms with Crippen molar-refractivity contribution in [1.29, 1.82) is 0 Å². The summed E-state index contributed by atoms with van der Waals surface area (Å²) in [4.78, 5) is 13.4. The average molecular weight is 210 g/mol. The minimum atomic E-state index is -3.02. The summed E-state index contributed by atoms with van der Waals surface area (Å²) < 4.78 is 37.0. The molecule has 0 amide bonds. The molecule has 0 aromatic carbocycles. The number of aromatic nitrogens is 1. The topological polar surface area (TPSA) is 30.0 Å². The van der Waals surface area contributed by atoms with Gasteiger partial charge in [0.2, 0.25) is 0 Å². The molecule has 0 saturated heterocycles. The highest BCUT2D eigenvalue weighted by molar-refractivity contribution is 6.29. The second-order valence-electron chi connectivity index (χ2n) is 2.14. The standard InChI is InChI=1S/C7H3ClF3NO/c8-5-1-4(9)3(2-13)6(12-5)7(10)11/h1-2,7H. The molecule has 1 heterocycles. The molecular weight excluding hydrogens is 207 g/mol. The van der Waals surface area contributed by atoms with Gasteiger partial charge < -0.3 is 0 Å². The molecule has 0 aliphatic rings. The Labute approximate surface area is 76.3 Å². The number of aldehydes is 1. The van der Waals surface area contributed by atoms with Gasteiger partial charge in [0.15, 0.2) is 6.29 Å². The first-order chi connectivity index (χ1) is 6.06. The van der Waals surface area contributed by atoms with Crippen LogP contribution in [0, 0.1) is 5.82 Å².